The van der Waals surface area contributed by atoms with Gasteiger partial charge in [0.25, 0.3) is 0 Å². The van der Waals surface area contributed by atoms with Crippen molar-refractivity contribution in [1.82, 2.24) is 15.2 Å². The zero-order valence-corrected chi connectivity index (χ0v) is 11.3. The van der Waals surface area contributed by atoms with Crippen molar-refractivity contribution in [3.63, 3.8) is 0 Å². The molecule has 0 aliphatic heterocycles. The number of aromatic amines is 1. The molecule has 0 radical (unpaired) electrons. The standard InChI is InChI=1S/C16H15N3O/c1-20-15-8-13-14(9-17-19-13)18-16(15)12-7-3-5-10-4-2-6-11(10)12/h3,5,7-9H,2,4,6H2,1H3,(H,17,19). The number of H-pyrrole nitrogens is 1. The summed E-state index contributed by atoms with van der Waals surface area (Å²) in [6.45, 7) is 0. The van der Waals surface area contributed by atoms with Gasteiger partial charge in [-0.25, -0.2) is 4.98 Å². The number of benzene rings is 1. The summed E-state index contributed by atoms with van der Waals surface area (Å²) < 4.78 is 5.53. The van der Waals surface area contributed by atoms with E-state index in [4.69, 9.17) is 9.72 Å². The molecule has 2 heterocycles. The number of fused-ring (bicyclic) bond motifs is 2. The number of methoxy groups -OCH3 is 1. The lowest BCUT2D eigenvalue weighted by Crippen LogP contribution is -1.95. The molecule has 4 heteroatoms. The molecular weight excluding hydrogens is 250 g/mol. The number of pyridine rings is 1. The summed E-state index contributed by atoms with van der Waals surface area (Å²) in [6, 6.07) is 8.44. The Morgan fingerprint density at radius 2 is 2.20 bits per heavy atom. The first-order chi connectivity index (χ1) is 9.86. The average molecular weight is 265 g/mol. The Bertz CT molecular complexity index is 792. The van der Waals surface area contributed by atoms with Gasteiger partial charge in [0.05, 0.1) is 18.8 Å². The number of nitrogens with one attached hydrogen (secondary N) is 1. The Kier molecular flexibility index (Phi) is 2.49. The first kappa shape index (κ1) is 11.5. The largest absolute Gasteiger partial charge is 0.494 e. The van der Waals surface area contributed by atoms with Gasteiger partial charge < -0.3 is 4.74 Å². The highest BCUT2D eigenvalue weighted by atomic mass is 16.5. The Morgan fingerprint density at radius 1 is 1.25 bits per heavy atom. The summed E-state index contributed by atoms with van der Waals surface area (Å²) in [5.41, 5.74) is 6.74. The van der Waals surface area contributed by atoms with Gasteiger partial charge in [-0.2, -0.15) is 5.10 Å². The quantitative estimate of drug-likeness (QED) is 0.774. The van der Waals surface area contributed by atoms with Gasteiger partial charge in [-0.1, -0.05) is 18.2 Å². The molecular formula is C16H15N3O. The summed E-state index contributed by atoms with van der Waals surface area (Å²) in [6.07, 6.45) is 5.27. The lowest BCUT2D eigenvalue weighted by atomic mass is 9.99. The van der Waals surface area contributed by atoms with Crippen molar-refractivity contribution >= 4 is 11.0 Å². The number of hydrogen-bond donors (Lipinski definition) is 1. The van der Waals surface area contributed by atoms with E-state index >= 15 is 0 Å². The summed E-state index contributed by atoms with van der Waals surface area (Å²) in [5, 5.41) is 6.97. The zero-order valence-electron chi connectivity index (χ0n) is 11.3. The number of rotatable bonds is 2. The van der Waals surface area contributed by atoms with E-state index in [0.717, 1.165) is 28.9 Å². The van der Waals surface area contributed by atoms with Crippen molar-refractivity contribution < 1.29 is 4.74 Å². The van der Waals surface area contributed by atoms with E-state index in [1.807, 2.05) is 6.07 Å². The monoisotopic (exact) mass is 265 g/mol. The molecule has 4 nitrogen and oxygen atoms in total. The molecule has 0 amide bonds. The fourth-order valence-electron chi connectivity index (χ4n) is 3.05. The summed E-state index contributed by atoms with van der Waals surface area (Å²) >= 11 is 0. The van der Waals surface area contributed by atoms with Gasteiger partial charge in [0.2, 0.25) is 0 Å². The number of aromatic nitrogens is 3. The van der Waals surface area contributed by atoms with Crippen LogP contribution in [-0.4, -0.2) is 22.3 Å². The third kappa shape index (κ3) is 1.61. The predicted octanol–water partition coefficient (Wildman–Crippen LogP) is 3.12. The van der Waals surface area contributed by atoms with Crippen LogP contribution >= 0.6 is 0 Å². The van der Waals surface area contributed by atoms with Crippen LogP contribution < -0.4 is 4.74 Å². The highest BCUT2D eigenvalue weighted by molar-refractivity contribution is 5.82. The topological polar surface area (TPSA) is 50.8 Å². The van der Waals surface area contributed by atoms with E-state index < -0.39 is 0 Å². The Hall–Kier alpha value is -2.36. The number of nitrogens with zero attached hydrogens (tertiary/aromatic N) is 2. The van der Waals surface area contributed by atoms with E-state index in [1.54, 1.807) is 13.3 Å². The molecule has 0 spiro atoms. The molecule has 0 unspecified atom stereocenters. The van der Waals surface area contributed by atoms with E-state index in [0.29, 0.717) is 0 Å². The number of ether oxygens (including phenoxy) is 1. The third-order valence-corrected chi connectivity index (χ3v) is 4.01. The minimum atomic E-state index is 0.794. The summed E-state index contributed by atoms with van der Waals surface area (Å²) in [5.74, 6) is 0.794. The second-order valence-electron chi connectivity index (χ2n) is 5.14. The first-order valence-corrected chi connectivity index (χ1v) is 6.86. The van der Waals surface area contributed by atoms with Gasteiger partial charge >= 0.3 is 0 Å². The smallest absolute Gasteiger partial charge is 0.147 e. The summed E-state index contributed by atoms with van der Waals surface area (Å²) in [4.78, 5) is 4.73. The SMILES string of the molecule is COc1cc2[nH]ncc2nc1-c1cccc2c1CCC2. The molecule has 0 saturated carbocycles. The third-order valence-electron chi connectivity index (χ3n) is 4.01. The average Bonchev–Trinajstić information content (AvgIpc) is 3.13. The van der Waals surface area contributed by atoms with Crippen LogP contribution in [0, 0.1) is 0 Å². The maximum Gasteiger partial charge on any atom is 0.147 e. The maximum absolute atomic E-state index is 5.53. The molecule has 1 aliphatic rings. The first-order valence-electron chi connectivity index (χ1n) is 6.86. The molecule has 1 N–H and O–H groups in total. The van der Waals surface area contributed by atoms with Gasteiger partial charge in [-0.3, -0.25) is 5.10 Å². The predicted molar refractivity (Wildman–Crippen MR) is 77.9 cm³/mol. The Labute approximate surface area is 116 Å². The van der Waals surface area contributed by atoms with Crippen LogP contribution in [0.5, 0.6) is 5.75 Å². The Balaban J connectivity index is 1.99. The van der Waals surface area contributed by atoms with Crippen LogP contribution in [0.3, 0.4) is 0 Å². The molecule has 3 aromatic rings. The van der Waals surface area contributed by atoms with E-state index in [9.17, 15) is 0 Å². The van der Waals surface area contributed by atoms with E-state index in [2.05, 4.69) is 28.4 Å². The fourth-order valence-corrected chi connectivity index (χ4v) is 3.05. The van der Waals surface area contributed by atoms with Crippen molar-refractivity contribution in [3.8, 4) is 17.0 Å². The minimum Gasteiger partial charge on any atom is -0.494 e. The van der Waals surface area contributed by atoms with Crippen molar-refractivity contribution in [3.05, 3.63) is 41.6 Å². The second-order valence-corrected chi connectivity index (χ2v) is 5.14. The van der Waals surface area contributed by atoms with Crippen molar-refractivity contribution in [2.24, 2.45) is 0 Å². The van der Waals surface area contributed by atoms with Crippen LogP contribution in [0.4, 0.5) is 0 Å². The van der Waals surface area contributed by atoms with Crippen molar-refractivity contribution in [2.75, 3.05) is 7.11 Å². The molecule has 0 fully saturated rings. The van der Waals surface area contributed by atoms with E-state index in [-0.39, 0.29) is 0 Å². The van der Waals surface area contributed by atoms with Gasteiger partial charge in [0.1, 0.15) is 17.0 Å². The van der Waals surface area contributed by atoms with Crippen LogP contribution in [0.25, 0.3) is 22.3 Å². The van der Waals surface area contributed by atoms with Gasteiger partial charge in [-0.05, 0) is 30.4 Å². The molecule has 0 bridgehead atoms. The summed E-state index contributed by atoms with van der Waals surface area (Å²) in [7, 11) is 1.69. The van der Waals surface area contributed by atoms with Crippen LogP contribution in [0.15, 0.2) is 30.5 Å². The van der Waals surface area contributed by atoms with Crippen molar-refractivity contribution in [1.29, 1.82) is 0 Å². The lowest BCUT2D eigenvalue weighted by molar-refractivity contribution is 0.415. The Morgan fingerprint density at radius 3 is 3.10 bits per heavy atom. The number of hydrogen-bond acceptors (Lipinski definition) is 3. The van der Waals surface area contributed by atoms with Crippen molar-refractivity contribution in [2.45, 2.75) is 19.3 Å². The van der Waals surface area contributed by atoms with Crippen LogP contribution in [0.2, 0.25) is 0 Å². The minimum absolute atomic E-state index is 0.794. The van der Waals surface area contributed by atoms with Gasteiger partial charge in [-0.15, -0.1) is 0 Å². The lowest BCUT2D eigenvalue weighted by Gasteiger charge is -2.11. The normalized spacial score (nSPS) is 13.7. The van der Waals surface area contributed by atoms with E-state index in [1.165, 1.54) is 29.5 Å². The van der Waals surface area contributed by atoms with Gasteiger partial charge in [0.15, 0.2) is 0 Å². The molecule has 4 rings (SSSR count). The highest BCUT2D eigenvalue weighted by Gasteiger charge is 2.19. The molecule has 0 atom stereocenters. The molecule has 2 aromatic heterocycles. The molecule has 1 aliphatic carbocycles. The van der Waals surface area contributed by atoms with Crippen LogP contribution in [0.1, 0.15) is 17.5 Å². The molecule has 1 aromatic carbocycles. The molecule has 0 saturated heterocycles. The highest BCUT2D eigenvalue weighted by Crippen LogP contribution is 2.37. The molecule has 20 heavy (non-hydrogen) atoms. The fraction of sp³-hybridized carbons (Fsp3) is 0.250. The maximum atomic E-state index is 5.53. The number of aryl methyl sites for hydroxylation is 1. The van der Waals surface area contributed by atoms with Crippen LogP contribution in [-0.2, 0) is 12.8 Å². The zero-order chi connectivity index (χ0) is 13.5. The molecule has 100 valence electrons. The second kappa shape index (κ2) is 4.34. The van der Waals surface area contributed by atoms with Gasteiger partial charge in [0, 0.05) is 11.6 Å².